The number of nitrogens with one attached hydrogen (secondary N) is 1. The van der Waals surface area contributed by atoms with Crippen LogP contribution in [0.15, 0.2) is 28.9 Å². The zero-order valence-electron chi connectivity index (χ0n) is 12.7. The van der Waals surface area contributed by atoms with E-state index in [1.165, 1.54) is 16.8 Å². The molecule has 0 saturated heterocycles. The molecule has 3 heterocycles. The number of rotatable bonds is 2. The fourth-order valence-corrected chi connectivity index (χ4v) is 2.02. The van der Waals surface area contributed by atoms with E-state index in [0.29, 0.717) is 17.2 Å². The van der Waals surface area contributed by atoms with Crippen molar-refractivity contribution in [3.05, 3.63) is 29.6 Å². The molecule has 0 aromatic carbocycles. The minimum Gasteiger partial charge on any atom is -0.461 e. The standard InChI is InChI=1S/C14H14ClN5O3/c1-14(2,3)23-13(21)18-12-16-9(15)7-10-17-11(19-20(10)12)8-5-4-6-22-8/h4-7H,1-3H3,(H,16,18,21). The topological polar surface area (TPSA) is 94.5 Å². The maximum absolute atomic E-state index is 11.9. The van der Waals surface area contributed by atoms with E-state index in [9.17, 15) is 4.79 Å². The number of furan rings is 1. The Morgan fingerprint density at radius 3 is 2.83 bits per heavy atom. The number of aromatic nitrogens is 4. The monoisotopic (exact) mass is 335 g/mol. The first-order valence-corrected chi connectivity index (χ1v) is 7.17. The maximum Gasteiger partial charge on any atom is 0.414 e. The molecule has 8 nitrogen and oxygen atoms in total. The SMILES string of the molecule is CC(C)(C)OC(=O)Nc1nc(Cl)cc2nc(-c3ccco3)nn12. The third-order valence-electron chi connectivity index (χ3n) is 2.65. The second-order valence-corrected chi connectivity index (χ2v) is 6.10. The lowest BCUT2D eigenvalue weighted by molar-refractivity contribution is 0.0634. The zero-order chi connectivity index (χ0) is 16.6. The molecule has 0 aliphatic heterocycles. The minimum atomic E-state index is -0.663. The summed E-state index contributed by atoms with van der Waals surface area (Å²) in [6, 6.07) is 4.98. The van der Waals surface area contributed by atoms with Crippen molar-refractivity contribution >= 4 is 29.3 Å². The summed E-state index contributed by atoms with van der Waals surface area (Å²) in [5, 5.41) is 6.95. The Hall–Kier alpha value is -2.61. The fourth-order valence-electron chi connectivity index (χ4n) is 1.85. The van der Waals surface area contributed by atoms with Gasteiger partial charge in [0, 0.05) is 6.07 Å². The number of anilines is 1. The highest BCUT2D eigenvalue weighted by Gasteiger charge is 2.19. The number of halogens is 1. The molecule has 0 aliphatic carbocycles. The highest BCUT2D eigenvalue weighted by molar-refractivity contribution is 6.29. The summed E-state index contributed by atoms with van der Waals surface area (Å²) in [6.07, 6.45) is 0.857. The molecule has 1 amide bonds. The van der Waals surface area contributed by atoms with Gasteiger partial charge in [-0.1, -0.05) is 11.6 Å². The van der Waals surface area contributed by atoms with Gasteiger partial charge in [0.15, 0.2) is 11.4 Å². The van der Waals surface area contributed by atoms with Crippen molar-refractivity contribution in [3.8, 4) is 11.6 Å². The van der Waals surface area contributed by atoms with Crippen LogP contribution in [0.2, 0.25) is 5.15 Å². The number of hydrogen-bond acceptors (Lipinski definition) is 6. The maximum atomic E-state index is 11.9. The van der Waals surface area contributed by atoms with Gasteiger partial charge in [-0.25, -0.2) is 14.8 Å². The van der Waals surface area contributed by atoms with Gasteiger partial charge >= 0.3 is 6.09 Å². The Morgan fingerprint density at radius 2 is 2.17 bits per heavy atom. The van der Waals surface area contributed by atoms with E-state index in [2.05, 4.69) is 20.4 Å². The smallest absolute Gasteiger partial charge is 0.414 e. The summed E-state index contributed by atoms with van der Waals surface area (Å²) in [7, 11) is 0. The third-order valence-corrected chi connectivity index (χ3v) is 2.84. The van der Waals surface area contributed by atoms with Gasteiger partial charge in [0.1, 0.15) is 10.8 Å². The molecule has 0 atom stereocenters. The Labute approximate surface area is 136 Å². The van der Waals surface area contributed by atoms with Crippen molar-refractivity contribution < 1.29 is 13.9 Å². The largest absolute Gasteiger partial charge is 0.461 e. The molecule has 0 fully saturated rings. The van der Waals surface area contributed by atoms with E-state index in [1.807, 2.05) is 0 Å². The van der Waals surface area contributed by atoms with Crippen LogP contribution in [0.3, 0.4) is 0 Å². The van der Waals surface area contributed by atoms with Crippen LogP contribution in [-0.2, 0) is 4.74 Å². The first-order valence-electron chi connectivity index (χ1n) is 6.79. The summed E-state index contributed by atoms with van der Waals surface area (Å²) >= 11 is 5.97. The van der Waals surface area contributed by atoms with Crippen LogP contribution in [-0.4, -0.2) is 31.3 Å². The molecular weight excluding hydrogens is 322 g/mol. The summed E-state index contributed by atoms with van der Waals surface area (Å²) in [5.74, 6) is 0.950. The van der Waals surface area contributed by atoms with Crippen molar-refractivity contribution in [3.63, 3.8) is 0 Å². The molecule has 3 rings (SSSR count). The second kappa shape index (κ2) is 5.54. The van der Waals surface area contributed by atoms with Crippen LogP contribution in [0.25, 0.3) is 17.2 Å². The lowest BCUT2D eigenvalue weighted by Gasteiger charge is -2.19. The molecule has 3 aromatic heterocycles. The first-order chi connectivity index (χ1) is 10.8. The molecule has 3 aromatic rings. The predicted octanol–water partition coefficient (Wildman–Crippen LogP) is 3.38. The number of amides is 1. The lowest BCUT2D eigenvalue weighted by Crippen LogP contribution is -2.28. The van der Waals surface area contributed by atoms with E-state index in [-0.39, 0.29) is 11.1 Å². The van der Waals surface area contributed by atoms with Gasteiger partial charge in [0.05, 0.1) is 6.26 Å². The quantitative estimate of drug-likeness (QED) is 0.721. The average Bonchev–Trinajstić information content (AvgIpc) is 3.03. The number of carbonyl (C=O) groups excluding carboxylic acids is 1. The van der Waals surface area contributed by atoms with Crippen LogP contribution < -0.4 is 5.32 Å². The number of fused-ring (bicyclic) bond motifs is 1. The predicted molar refractivity (Wildman–Crippen MR) is 83.4 cm³/mol. The van der Waals surface area contributed by atoms with Crippen molar-refractivity contribution in [1.29, 1.82) is 0 Å². The second-order valence-electron chi connectivity index (χ2n) is 5.71. The Kier molecular flexibility index (Phi) is 3.69. The van der Waals surface area contributed by atoms with Crippen molar-refractivity contribution in [2.75, 3.05) is 5.32 Å². The molecule has 0 aliphatic rings. The number of ether oxygens (including phenoxy) is 1. The zero-order valence-corrected chi connectivity index (χ0v) is 13.5. The Bertz CT molecular complexity index is 851. The first kappa shape index (κ1) is 15.3. The van der Waals surface area contributed by atoms with E-state index >= 15 is 0 Å². The van der Waals surface area contributed by atoms with E-state index in [1.54, 1.807) is 32.9 Å². The molecule has 1 N–H and O–H groups in total. The fraction of sp³-hybridized carbons (Fsp3) is 0.286. The molecule has 0 unspecified atom stereocenters. The van der Waals surface area contributed by atoms with Gasteiger partial charge in [0.2, 0.25) is 11.8 Å². The van der Waals surface area contributed by atoms with Gasteiger partial charge < -0.3 is 9.15 Å². The minimum absolute atomic E-state index is 0.104. The van der Waals surface area contributed by atoms with E-state index < -0.39 is 11.7 Å². The van der Waals surface area contributed by atoms with Crippen LogP contribution in [0.4, 0.5) is 10.7 Å². The third kappa shape index (κ3) is 3.42. The van der Waals surface area contributed by atoms with Gasteiger partial charge in [0.25, 0.3) is 0 Å². The molecule has 23 heavy (non-hydrogen) atoms. The number of hydrogen-bond donors (Lipinski definition) is 1. The molecule has 9 heteroatoms. The highest BCUT2D eigenvalue weighted by Crippen LogP contribution is 2.21. The molecule has 0 saturated carbocycles. The molecular formula is C14H14ClN5O3. The molecule has 0 spiro atoms. The van der Waals surface area contributed by atoms with Gasteiger partial charge in [-0.15, -0.1) is 5.10 Å². The number of carbonyl (C=O) groups is 1. The van der Waals surface area contributed by atoms with E-state index in [4.69, 9.17) is 20.8 Å². The normalized spacial score (nSPS) is 11.7. The summed E-state index contributed by atoms with van der Waals surface area (Å²) in [6.45, 7) is 5.29. The summed E-state index contributed by atoms with van der Waals surface area (Å²) in [5.41, 5.74) is -0.217. The van der Waals surface area contributed by atoms with Gasteiger partial charge in [-0.05, 0) is 32.9 Å². The molecule has 0 radical (unpaired) electrons. The lowest BCUT2D eigenvalue weighted by atomic mass is 10.2. The van der Waals surface area contributed by atoms with Gasteiger partial charge in [-0.3, -0.25) is 5.32 Å². The summed E-state index contributed by atoms with van der Waals surface area (Å²) < 4.78 is 11.8. The van der Waals surface area contributed by atoms with Crippen LogP contribution >= 0.6 is 11.6 Å². The van der Waals surface area contributed by atoms with E-state index in [0.717, 1.165) is 0 Å². The van der Waals surface area contributed by atoms with Crippen molar-refractivity contribution in [2.24, 2.45) is 0 Å². The van der Waals surface area contributed by atoms with Crippen LogP contribution in [0.1, 0.15) is 20.8 Å². The molecule has 120 valence electrons. The Morgan fingerprint density at radius 1 is 1.39 bits per heavy atom. The van der Waals surface area contributed by atoms with Gasteiger partial charge in [-0.2, -0.15) is 4.52 Å². The van der Waals surface area contributed by atoms with Crippen molar-refractivity contribution in [2.45, 2.75) is 26.4 Å². The highest BCUT2D eigenvalue weighted by atomic mass is 35.5. The number of nitrogens with zero attached hydrogens (tertiary/aromatic N) is 4. The van der Waals surface area contributed by atoms with Crippen LogP contribution in [0.5, 0.6) is 0 Å². The summed E-state index contributed by atoms with van der Waals surface area (Å²) in [4.78, 5) is 20.3. The Balaban J connectivity index is 1.98. The average molecular weight is 336 g/mol. The molecule has 0 bridgehead atoms. The van der Waals surface area contributed by atoms with Crippen LogP contribution in [0, 0.1) is 0 Å². The van der Waals surface area contributed by atoms with Crippen molar-refractivity contribution in [1.82, 2.24) is 19.6 Å².